The summed E-state index contributed by atoms with van der Waals surface area (Å²) in [5, 5.41) is 0. The van der Waals surface area contributed by atoms with Crippen molar-refractivity contribution in [3.8, 4) is 0 Å². The number of rotatable bonds is 11. The Kier molecular flexibility index (Phi) is 10.3. The number of likely N-dealkylation sites (tertiary alicyclic amines) is 1. The lowest BCUT2D eigenvalue weighted by atomic mass is 9.99. The highest BCUT2D eigenvalue weighted by Crippen LogP contribution is 2.28. The third kappa shape index (κ3) is 7.69. The molecule has 2 heterocycles. The minimum Gasteiger partial charge on any atom is -0.365 e. The number of carbonyl (C=O) groups is 4. The standard InChI is InChI=1S/C31H40N4O5/c1-3-32(4-2)31(39)23-40-27-19-33(16-15-24-11-7-5-8-12-24)29(37)21-35(20-27)30(38)22-34-18-26(17-28(34)36)25-13-9-6-10-14-25/h5-14,26-27H,3-4,15-23H2,1-2H3. The monoisotopic (exact) mass is 548 g/mol. The Labute approximate surface area is 236 Å². The van der Waals surface area contributed by atoms with Crippen molar-refractivity contribution in [3.63, 3.8) is 0 Å². The van der Waals surface area contributed by atoms with Crippen molar-refractivity contribution in [1.29, 1.82) is 0 Å². The van der Waals surface area contributed by atoms with E-state index < -0.39 is 6.10 Å². The van der Waals surface area contributed by atoms with Gasteiger partial charge >= 0.3 is 0 Å². The minimum absolute atomic E-state index is 0.0444. The number of hydrogen-bond donors (Lipinski definition) is 0. The number of ether oxygens (including phenoxy) is 1. The molecule has 2 aromatic carbocycles. The van der Waals surface area contributed by atoms with Gasteiger partial charge in [-0.25, -0.2) is 0 Å². The second-order valence-electron chi connectivity index (χ2n) is 10.4. The Hall–Kier alpha value is -3.72. The number of amides is 4. The van der Waals surface area contributed by atoms with Crippen LogP contribution in [0.1, 0.15) is 37.3 Å². The molecule has 0 N–H and O–H groups in total. The summed E-state index contributed by atoms with van der Waals surface area (Å²) >= 11 is 0. The quantitative estimate of drug-likeness (QED) is 0.429. The van der Waals surface area contributed by atoms with E-state index in [0.29, 0.717) is 45.6 Å². The van der Waals surface area contributed by atoms with Crippen molar-refractivity contribution in [2.75, 3.05) is 59.0 Å². The Morgan fingerprint density at radius 3 is 2.23 bits per heavy atom. The smallest absolute Gasteiger partial charge is 0.248 e. The van der Waals surface area contributed by atoms with Gasteiger partial charge in [-0.2, -0.15) is 0 Å². The normalized spacial score (nSPS) is 19.6. The van der Waals surface area contributed by atoms with Crippen LogP contribution >= 0.6 is 0 Å². The van der Waals surface area contributed by atoms with Gasteiger partial charge in [-0.1, -0.05) is 60.7 Å². The summed E-state index contributed by atoms with van der Waals surface area (Å²) in [5.41, 5.74) is 2.19. The molecule has 9 heteroatoms. The Balaban J connectivity index is 1.42. The minimum atomic E-state index is -0.517. The highest BCUT2D eigenvalue weighted by molar-refractivity contribution is 5.89. The molecule has 2 atom stereocenters. The van der Waals surface area contributed by atoms with Crippen molar-refractivity contribution in [1.82, 2.24) is 19.6 Å². The topological polar surface area (TPSA) is 90.5 Å². The lowest BCUT2D eigenvalue weighted by molar-refractivity contribution is -0.142. The van der Waals surface area contributed by atoms with Crippen LogP contribution in [0.4, 0.5) is 0 Å². The van der Waals surface area contributed by atoms with E-state index in [4.69, 9.17) is 4.74 Å². The van der Waals surface area contributed by atoms with Crippen molar-refractivity contribution < 1.29 is 23.9 Å². The predicted octanol–water partition coefficient (Wildman–Crippen LogP) is 2.17. The average Bonchev–Trinajstić information content (AvgIpc) is 3.25. The first kappa shape index (κ1) is 29.3. The molecule has 2 saturated heterocycles. The van der Waals surface area contributed by atoms with Crippen molar-refractivity contribution in [3.05, 3.63) is 71.8 Å². The summed E-state index contributed by atoms with van der Waals surface area (Å²) < 4.78 is 6.03. The van der Waals surface area contributed by atoms with Crippen molar-refractivity contribution in [2.45, 2.75) is 38.7 Å². The van der Waals surface area contributed by atoms with Gasteiger partial charge in [0.15, 0.2) is 0 Å². The van der Waals surface area contributed by atoms with E-state index in [9.17, 15) is 19.2 Å². The van der Waals surface area contributed by atoms with Gasteiger partial charge < -0.3 is 24.3 Å². The lowest BCUT2D eigenvalue weighted by Crippen LogP contribution is -2.45. The first-order valence-electron chi connectivity index (χ1n) is 14.2. The van der Waals surface area contributed by atoms with Crippen LogP contribution in [0.25, 0.3) is 0 Å². The van der Waals surface area contributed by atoms with Crippen LogP contribution in [0, 0.1) is 0 Å². The molecule has 0 spiro atoms. The second kappa shape index (κ2) is 14.1. The molecule has 0 saturated carbocycles. The molecule has 4 amide bonds. The van der Waals surface area contributed by atoms with Gasteiger partial charge in [0.25, 0.3) is 0 Å². The van der Waals surface area contributed by atoms with Gasteiger partial charge in [0.1, 0.15) is 6.61 Å². The zero-order valence-corrected chi connectivity index (χ0v) is 23.5. The van der Waals surface area contributed by atoms with Crippen molar-refractivity contribution >= 4 is 23.6 Å². The number of carbonyl (C=O) groups excluding carboxylic acids is 4. The van der Waals surface area contributed by atoms with Gasteiger partial charge in [0.2, 0.25) is 23.6 Å². The maximum Gasteiger partial charge on any atom is 0.248 e. The highest BCUT2D eigenvalue weighted by Gasteiger charge is 2.35. The van der Waals surface area contributed by atoms with E-state index in [1.54, 1.807) is 14.7 Å². The largest absolute Gasteiger partial charge is 0.365 e. The summed E-state index contributed by atoms with van der Waals surface area (Å²) in [6, 6.07) is 19.8. The number of benzene rings is 2. The van der Waals surface area contributed by atoms with Crippen LogP contribution in [0.2, 0.25) is 0 Å². The van der Waals surface area contributed by atoms with Gasteiger partial charge in [-0.3, -0.25) is 19.2 Å². The third-order valence-electron chi connectivity index (χ3n) is 7.76. The Bertz CT molecular complexity index is 1150. The van der Waals surface area contributed by atoms with E-state index in [2.05, 4.69) is 0 Å². The molecule has 9 nitrogen and oxygen atoms in total. The molecular formula is C31H40N4O5. The predicted molar refractivity (Wildman–Crippen MR) is 151 cm³/mol. The van der Waals surface area contributed by atoms with Gasteiger partial charge in [0, 0.05) is 51.6 Å². The number of hydrogen-bond acceptors (Lipinski definition) is 5. The van der Waals surface area contributed by atoms with Crippen LogP contribution in [0.3, 0.4) is 0 Å². The fourth-order valence-corrected chi connectivity index (χ4v) is 5.39. The second-order valence-corrected chi connectivity index (χ2v) is 10.4. The summed E-state index contributed by atoms with van der Waals surface area (Å²) in [4.78, 5) is 58.6. The van der Waals surface area contributed by atoms with Crippen LogP contribution < -0.4 is 0 Å². The molecule has 2 unspecified atom stereocenters. The molecule has 2 aliphatic heterocycles. The first-order valence-corrected chi connectivity index (χ1v) is 14.2. The molecule has 2 aliphatic rings. The van der Waals surface area contributed by atoms with Gasteiger partial charge in [0.05, 0.1) is 19.2 Å². The van der Waals surface area contributed by atoms with Crippen LogP contribution in [0.15, 0.2) is 60.7 Å². The average molecular weight is 549 g/mol. The van der Waals surface area contributed by atoms with Crippen molar-refractivity contribution in [2.24, 2.45) is 0 Å². The van der Waals surface area contributed by atoms with Crippen LogP contribution in [0.5, 0.6) is 0 Å². The summed E-state index contributed by atoms with van der Waals surface area (Å²) in [7, 11) is 0. The van der Waals surface area contributed by atoms with E-state index in [1.807, 2.05) is 74.5 Å². The molecule has 40 heavy (non-hydrogen) atoms. The fraction of sp³-hybridized carbons (Fsp3) is 0.484. The molecule has 0 bridgehead atoms. The molecule has 2 aromatic rings. The van der Waals surface area contributed by atoms with E-state index in [0.717, 1.165) is 11.1 Å². The summed E-state index contributed by atoms with van der Waals surface area (Å²) in [5.74, 6) is -0.596. The van der Waals surface area contributed by atoms with E-state index in [-0.39, 0.29) is 55.8 Å². The third-order valence-corrected chi connectivity index (χ3v) is 7.76. The molecule has 2 fully saturated rings. The fourth-order valence-electron chi connectivity index (χ4n) is 5.39. The Morgan fingerprint density at radius 2 is 1.55 bits per heavy atom. The van der Waals surface area contributed by atoms with Gasteiger partial charge in [-0.15, -0.1) is 0 Å². The Morgan fingerprint density at radius 1 is 0.875 bits per heavy atom. The van der Waals surface area contributed by atoms with Crippen LogP contribution in [-0.2, 0) is 30.3 Å². The molecule has 0 radical (unpaired) electrons. The first-order chi connectivity index (χ1) is 19.4. The number of likely N-dealkylation sites (N-methyl/N-ethyl adjacent to an activating group) is 1. The number of nitrogens with zero attached hydrogens (tertiary/aromatic N) is 4. The summed E-state index contributed by atoms with van der Waals surface area (Å²) in [6.07, 6.45) is 0.523. The lowest BCUT2D eigenvalue weighted by Gasteiger charge is -2.27. The molecular weight excluding hydrogens is 508 g/mol. The highest BCUT2D eigenvalue weighted by atomic mass is 16.5. The van der Waals surface area contributed by atoms with Gasteiger partial charge in [-0.05, 0) is 31.4 Å². The maximum atomic E-state index is 13.4. The zero-order valence-electron chi connectivity index (χ0n) is 23.5. The molecule has 0 aromatic heterocycles. The SMILES string of the molecule is CCN(CC)C(=O)COC1CN(CCc2ccccc2)C(=O)CN(C(=O)CN2CC(c3ccccc3)CC2=O)C1. The zero-order chi connectivity index (χ0) is 28.5. The molecule has 214 valence electrons. The molecule has 0 aliphatic carbocycles. The summed E-state index contributed by atoms with van der Waals surface area (Å²) in [6.45, 7) is 6.16. The van der Waals surface area contributed by atoms with Crippen LogP contribution in [-0.4, -0.2) is 108 Å². The maximum absolute atomic E-state index is 13.4. The van der Waals surface area contributed by atoms with E-state index in [1.165, 1.54) is 4.90 Å². The van der Waals surface area contributed by atoms with E-state index >= 15 is 0 Å². The molecule has 4 rings (SSSR count).